The van der Waals surface area contributed by atoms with Gasteiger partial charge in [0, 0.05) is 26.2 Å². The highest BCUT2D eigenvalue weighted by Gasteiger charge is 2.15. The van der Waals surface area contributed by atoms with Crippen molar-refractivity contribution in [1.82, 2.24) is 4.90 Å². The molecule has 0 heterocycles. The number of alkyl halides is 1. The zero-order chi connectivity index (χ0) is 14.2. The van der Waals surface area contributed by atoms with Crippen molar-refractivity contribution >= 4 is 21.4 Å². The van der Waals surface area contributed by atoms with E-state index < -0.39 is 9.84 Å². The molecule has 0 radical (unpaired) electrons. The second kappa shape index (κ2) is 8.17. The average molecular weight is 291 g/mol. The highest BCUT2D eigenvalue weighted by molar-refractivity contribution is 7.95. The lowest BCUT2D eigenvalue weighted by Gasteiger charge is -2.09. The number of rotatable bonds is 7. The fourth-order valence-electron chi connectivity index (χ4n) is 1.29. The second-order valence-corrected chi connectivity index (χ2v) is 6.61. The number of hydrogen-bond acceptors (Lipinski definition) is 4. The van der Waals surface area contributed by atoms with E-state index in [0.29, 0.717) is 12.3 Å². The van der Waals surface area contributed by atoms with Gasteiger partial charge in [0.15, 0.2) is 9.84 Å². The summed E-state index contributed by atoms with van der Waals surface area (Å²) in [5.74, 6) is 0.429. The molecule has 0 unspecified atom stereocenters. The van der Waals surface area contributed by atoms with Gasteiger partial charge in [-0.25, -0.2) is 8.42 Å². The number of halogens is 1. The minimum atomic E-state index is -3.46. The first-order valence-electron chi connectivity index (χ1n) is 5.65. The summed E-state index contributed by atoms with van der Waals surface area (Å²) in [6, 6.07) is 1.75. The summed E-state index contributed by atoms with van der Waals surface area (Å²) in [6.45, 7) is 1.52. The second-order valence-electron chi connectivity index (χ2n) is 3.98. The molecule has 0 aliphatic heterocycles. The Morgan fingerprint density at radius 2 is 2.06 bits per heavy atom. The molecule has 18 heavy (non-hydrogen) atoms. The molecular weight excluding hydrogens is 272 g/mol. The molecule has 0 aliphatic rings. The topological polar surface area (TPSA) is 61.2 Å². The lowest BCUT2D eigenvalue weighted by Crippen LogP contribution is -2.07. The van der Waals surface area contributed by atoms with Crippen LogP contribution in [-0.2, 0) is 9.84 Å². The van der Waals surface area contributed by atoms with Crippen LogP contribution in [0, 0.1) is 11.3 Å². The van der Waals surface area contributed by atoms with Crippen LogP contribution < -0.4 is 0 Å². The van der Waals surface area contributed by atoms with Gasteiger partial charge in [-0.15, -0.1) is 11.6 Å². The number of nitrogens with zero attached hydrogens (tertiary/aromatic N) is 2. The Balaban J connectivity index is 5.33. The third-order valence-electron chi connectivity index (χ3n) is 2.16. The molecule has 0 aliphatic carbocycles. The SMILES string of the molecule is CCS(=O)(=O)C(C#N)=CC(=CN(C)C)CCCCl. The van der Waals surface area contributed by atoms with Gasteiger partial charge in [0.2, 0.25) is 0 Å². The van der Waals surface area contributed by atoms with Gasteiger partial charge < -0.3 is 4.90 Å². The first-order chi connectivity index (χ1) is 8.37. The number of allylic oxidation sites excluding steroid dienone is 3. The Kier molecular flexibility index (Phi) is 7.72. The van der Waals surface area contributed by atoms with Gasteiger partial charge in [-0.05, 0) is 24.5 Å². The molecule has 0 spiro atoms. The molecule has 0 N–H and O–H groups in total. The highest BCUT2D eigenvalue weighted by Crippen LogP contribution is 2.15. The normalized spacial score (nSPS) is 13.3. The maximum absolute atomic E-state index is 11.7. The van der Waals surface area contributed by atoms with Gasteiger partial charge in [-0.3, -0.25) is 0 Å². The van der Waals surface area contributed by atoms with Gasteiger partial charge in [-0.2, -0.15) is 5.26 Å². The zero-order valence-corrected chi connectivity index (χ0v) is 12.6. The van der Waals surface area contributed by atoms with Crippen molar-refractivity contribution in [2.75, 3.05) is 25.7 Å². The van der Waals surface area contributed by atoms with Crippen molar-refractivity contribution in [2.24, 2.45) is 0 Å². The van der Waals surface area contributed by atoms with Crippen LogP contribution >= 0.6 is 11.6 Å². The van der Waals surface area contributed by atoms with Crippen LogP contribution in [0.1, 0.15) is 19.8 Å². The first-order valence-corrected chi connectivity index (χ1v) is 7.83. The zero-order valence-electron chi connectivity index (χ0n) is 11.0. The van der Waals surface area contributed by atoms with E-state index in [4.69, 9.17) is 16.9 Å². The Labute approximate surface area is 114 Å². The van der Waals surface area contributed by atoms with E-state index in [-0.39, 0.29) is 10.7 Å². The van der Waals surface area contributed by atoms with Crippen molar-refractivity contribution < 1.29 is 8.42 Å². The standard InChI is InChI=1S/C12H19ClN2O2S/c1-4-18(16,17)12(9-14)8-11(6-5-7-13)10-15(2)3/h8,10H,4-7H2,1-3H3. The van der Waals surface area contributed by atoms with E-state index in [9.17, 15) is 8.42 Å². The monoisotopic (exact) mass is 290 g/mol. The quantitative estimate of drug-likeness (QED) is 0.410. The minimum absolute atomic E-state index is 0.0723. The van der Waals surface area contributed by atoms with Crippen LogP contribution in [0.25, 0.3) is 0 Å². The third kappa shape index (κ3) is 6.08. The summed E-state index contributed by atoms with van der Waals surface area (Å²) in [4.78, 5) is 1.63. The molecule has 4 nitrogen and oxygen atoms in total. The molecule has 0 amide bonds. The van der Waals surface area contributed by atoms with Crippen LogP contribution in [0.2, 0.25) is 0 Å². The van der Waals surface area contributed by atoms with Crippen LogP contribution in [0.4, 0.5) is 0 Å². The van der Waals surface area contributed by atoms with Crippen molar-refractivity contribution in [1.29, 1.82) is 5.26 Å². The van der Waals surface area contributed by atoms with Gasteiger partial charge in [0.1, 0.15) is 11.0 Å². The third-order valence-corrected chi connectivity index (χ3v) is 4.07. The number of sulfone groups is 1. The predicted octanol–water partition coefficient (Wildman–Crippen LogP) is 2.29. The highest BCUT2D eigenvalue weighted by atomic mass is 35.5. The molecule has 0 saturated carbocycles. The van der Waals surface area contributed by atoms with Crippen molar-refractivity contribution in [3.8, 4) is 6.07 Å². The summed E-state index contributed by atoms with van der Waals surface area (Å²) in [5, 5.41) is 8.94. The molecule has 102 valence electrons. The van der Waals surface area contributed by atoms with E-state index in [0.717, 1.165) is 12.0 Å². The molecule has 0 rings (SSSR count). The van der Waals surface area contributed by atoms with E-state index in [1.165, 1.54) is 13.0 Å². The molecule has 6 heteroatoms. The molecular formula is C12H19ClN2O2S. The fourth-order valence-corrected chi connectivity index (χ4v) is 2.21. The molecule has 0 aromatic carbocycles. The Morgan fingerprint density at radius 3 is 2.44 bits per heavy atom. The van der Waals surface area contributed by atoms with E-state index in [1.54, 1.807) is 12.3 Å². The molecule has 0 fully saturated rings. The smallest absolute Gasteiger partial charge is 0.188 e. The van der Waals surface area contributed by atoms with Gasteiger partial charge in [0.05, 0.1) is 5.75 Å². The Bertz CT molecular complexity index is 459. The van der Waals surface area contributed by atoms with Crippen LogP contribution in [0.3, 0.4) is 0 Å². The fraction of sp³-hybridized carbons (Fsp3) is 0.583. The number of nitriles is 1. The van der Waals surface area contributed by atoms with E-state index in [1.807, 2.05) is 19.0 Å². The lowest BCUT2D eigenvalue weighted by atomic mass is 10.1. The molecule has 0 aromatic rings. The molecule has 0 bridgehead atoms. The maximum atomic E-state index is 11.7. The molecule has 0 saturated heterocycles. The lowest BCUT2D eigenvalue weighted by molar-refractivity contribution is 0.556. The molecule has 0 aromatic heterocycles. The van der Waals surface area contributed by atoms with Crippen molar-refractivity contribution in [3.05, 3.63) is 22.8 Å². The van der Waals surface area contributed by atoms with Crippen molar-refractivity contribution in [3.63, 3.8) is 0 Å². The average Bonchev–Trinajstić information content (AvgIpc) is 2.31. The van der Waals surface area contributed by atoms with Crippen molar-refractivity contribution in [2.45, 2.75) is 19.8 Å². The van der Waals surface area contributed by atoms with E-state index in [2.05, 4.69) is 0 Å². The van der Waals surface area contributed by atoms with Crippen LogP contribution in [-0.4, -0.2) is 39.0 Å². The van der Waals surface area contributed by atoms with E-state index >= 15 is 0 Å². The Hall–Kier alpha value is -0.990. The Morgan fingerprint density at radius 1 is 1.44 bits per heavy atom. The number of hydrogen-bond donors (Lipinski definition) is 0. The predicted molar refractivity (Wildman–Crippen MR) is 74.9 cm³/mol. The summed E-state index contributed by atoms with van der Waals surface area (Å²) >= 11 is 5.62. The largest absolute Gasteiger partial charge is 0.383 e. The van der Waals surface area contributed by atoms with Crippen LogP contribution in [0.5, 0.6) is 0 Å². The van der Waals surface area contributed by atoms with Gasteiger partial charge in [-0.1, -0.05) is 6.92 Å². The summed E-state index contributed by atoms with van der Waals surface area (Å²) in [6.07, 6.45) is 4.62. The summed E-state index contributed by atoms with van der Waals surface area (Å²) in [5.41, 5.74) is 0.786. The van der Waals surface area contributed by atoms with Crippen LogP contribution in [0.15, 0.2) is 22.8 Å². The van der Waals surface area contributed by atoms with Gasteiger partial charge in [0.25, 0.3) is 0 Å². The first kappa shape index (κ1) is 17.0. The maximum Gasteiger partial charge on any atom is 0.188 e. The summed E-state index contributed by atoms with van der Waals surface area (Å²) < 4.78 is 23.3. The molecule has 0 atom stereocenters. The van der Waals surface area contributed by atoms with Gasteiger partial charge >= 0.3 is 0 Å². The minimum Gasteiger partial charge on any atom is -0.383 e. The summed E-state index contributed by atoms with van der Waals surface area (Å²) in [7, 11) is 0.226.